The van der Waals surface area contributed by atoms with Crippen LogP contribution in [-0.2, 0) is 29.7 Å². The largest absolute Gasteiger partial charge is 0.376 e. The summed E-state index contributed by atoms with van der Waals surface area (Å²) in [5.74, 6) is 1.38. The Balaban J connectivity index is 1.46. The third-order valence-electron chi connectivity index (χ3n) is 5.06. The van der Waals surface area contributed by atoms with Crippen LogP contribution in [0.3, 0.4) is 0 Å². The van der Waals surface area contributed by atoms with Gasteiger partial charge in [0.25, 0.3) is 5.56 Å². The minimum atomic E-state index is -0.0683. The Morgan fingerprint density at radius 2 is 2.04 bits per heavy atom. The van der Waals surface area contributed by atoms with Gasteiger partial charge in [0.1, 0.15) is 12.1 Å². The molecule has 0 bridgehead atoms. The third-order valence-corrected chi connectivity index (χ3v) is 5.06. The average molecular weight is 355 g/mol. The van der Waals surface area contributed by atoms with E-state index in [9.17, 15) is 4.79 Å². The molecule has 7 nitrogen and oxygen atoms in total. The number of ether oxygens (including phenoxy) is 1. The molecule has 0 saturated carbocycles. The van der Waals surface area contributed by atoms with Crippen LogP contribution >= 0.6 is 0 Å². The van der Waals surface area contributed by atoms with Crippen molar-refractivity contribution in [2.45, 2.75) is 45.8 Å². The Kier molecular flexibility index (Phi) is 4.26. The van der Waals surface area contributed by atoms with Crippen LogP contribution in [0.15, 0.2) is 23.3 Å². The van der Waals surface area contributed by atoms with E-state index in [0.29, 0.717) is 19.1 Å². The summed E-state index contributed by atoms with van der Waals surface area (Å²) in [4.78, 5) is 23.3. The van der Waals surface area contributed by atoms with Crippen molar-refractivity contribution < 1.29 is 4.74 Å². The fourth-order valence-corrected chi connectivity index (χ4v) is 3.50. The van der Waals surface area contributed by atoms with E-state index >= 15 is 0 Å². The van der Waals surface area contributed by atoms with Crippen molar-refractivity contribution in [3.8, 4) is 0 Å². The molecule has 4 heterocycles. The van der Waals surface area contributed by atoms with E-state index in [2.05, 4.69) is 40.7 Å². The molecule has 138 valence electrons. The summed E-state index contributed by atoms with van der Waals surface area (Å²) >= 11 is 0. The first kappa shape index (κ1) is 17.1. The molecule has 7 heteroatoms. The summed E-state index contributed by atoms with van der Waals surface area (Å²) < 4.78 is 7.19. The number of rotatable bonds is 3. The lowest BCUT2D eigenvalue weighted by Crippen LogP contribution is -2.50. The molecular weight excluding hydrogens is 330 g/mol. The molecule has 4 rings (SSSR count). The maximum atomic E-state index is 12.2. The van der Waals surface area contributed by atoms with Crippen molar-refractivity contribution in [3.63, 3.8) is 0 Å². The van der Waals surface area contributed by atoms with Gasteiger partial charge in [-0.2, -0.15) is 5.10 Å². The van der Waals surface area contributed by atoms with E-state index in [1.165, 1.54) is 0 Å². The maximum absolute atomic E-state index is 12.2. The van der Waals surface area contributed by atoms with Gasteiger partial charge in [-0.3, -0.25) is 4.79 Å². The monoisotopic (exact) mass is 355 g/mol. The second kappa shape index (κ2) is 6.46. The highest BCUT2D eigenvalue weighted by Gasteiger charge is 2.32. The lowest BCUT2D eigenvalue weighted by Gasteiger charge is -2.41. The van der Waals surface area contributed by atoms with E-state index in [0.717, 1.165) is 48.9 Å². The van der Waals surface area contributed by atoms with E-state index in [1.54, 1.807) is 17.1 Å². The normalized spacial score (nSPS) is 17.7. The van der Waals surface area contributed by atoms with Crippen molar-refractivity contribution >= 4 is 5.82 Å². The number of aromatic nitrogens is 4. The average Bonchev–Trinajstić information content (AvgIpc) is 2.58. The van der Waals surface area contributed by atoms with Crippen LogP contribution in [0.25, 0.3) is 0 Å². The number of hydrogen-bond acceptors (Lipinski definition) is 6. The number of fused-ring (bicyclic) bond motifs is 1. The van der Waals surface area contributed by atoms with Crippen molar-refractivity contribution in [2.24, 2.45) is 5.92 Å². The van der Waals surface area contributed by atoms with Crippen molar-refractivity contribution in [3.05, 3.63) is 45.8 Å². The molecule has 0 aliphatic carbocycles. The Bertz CT molecular complexity index is 865. The molecule has 0 unspecified atom stereocenters. The molecule has 0 N–H and O–H groups in total. The predicted octanol–water partition coefficient (Wildman–Crippen LogP) is 1.54. The predicted molar refractivity (Wildman–Crippen MR) is 98.3 cm³/mol. The third kappa shape index (κ3) is 3.23. The van der Waals surface area contributed by atoms with Gasteiger partial charge in [0.2, 0.25) is 0 Å². The molecule has 1 fully saturated rings. The summed E-state index contributed by atoms with van der Waals surface area (Å²) in [7, 11) is 0. The summed E-state index contributed by atoms with van der Waals surface area (Å²) in [6.45, 7) is 10.0. The second-order valence-electron chi connectivity index (χ2n) is 8.19. The molecule has 2 aliphatic heterocycles. The summed E-state index contributed by atoms with van der Waals surface area (Å²) in [6, 6.07) is 3.46. The van der Waals surface area contributed by atoms with Gasteiger partial charge in [0, 0.05) is 42.5 Å². The lowest BCUT2D eigenvalue weighted by atomic mass is 9.92. The van der Waals surface area contributed by atoms with Gasteiger partial charge < -0.3 is 9.64 Å². The van der Waals surface area contributed by atoms with Gasteiger partial charge in [-0.15, -0.1) is 0 Å². The molecule has 0 aromatic carbocycles. The lowest BCUT2D eigenvalue weighted by molar-refractivity contribution is 0.109. The highest BCUT2D eigenvalue weighted by molar-refractivity contribution is 5.51. The fourth-order valence-electron chi connectivity index (χ4n) is 3.50. The Labute approximate surface area is 153 Å². The maximum Gasteiger partial charge on any atom is 0.266 e. The number of hydrogen-bond donors (Lipinski definition) is 0. The van der Waals surface area contributed by atoms with Gasteiger partial charge in [0.15, 0.2) is 0 Å². The minimum absolute atomic E-state index is 0.0377. The van der Waals surface area contributed by atoms with Crippen LogP contribution in [0.1, 0.15) is 37.7 Å². The van der Waals surface area contributed by atoms with Gasteiger partial charge in [0.05, 0.1) is 31.1 Å². The highest BCUT2D eigenvalue weighted by Crippen LogP contribution is 2.30. The molecule has 0 atom stereocenters. The quantitative estimate of drug-likeness (QED) is 0.832. The second-order valence-corrected chi connectivity index (χ2v) is 8.19. The number of anilines is 1. The van der Waals surface area contributed by atoms with Crippen LogP contribution in [0, 0.1) is 5.92 Å². The van der Waals surface area contributed by atoms with E-state index < -0.39 is 0 Å². The highest BCUT2D eigenvalue weighted by atomic mass is 16.5. The van der Waals surface area contributed by atoms with Gasteiger partial charge in [-0.05, 0) is 6.07 Å². The first-order chi connectivity index (χ1) is 12.4. The van der Waals surface area contributed by atoms with Crippen molar-refractivity contribution in [1.82, 2.24) is 19.7 Å². The zero-order chi connectivity index (χ0) is 18.3. The molecule has 2 aliphatic rings. The summed E-state index contributed by atoms with van der Waals surface area (Å²) in [5, 5.41) is 4.57. The van der Waals surface area contributed by atoms with Gasteiger partial charge in [-0.25, -0.2) is 14.6 Å². The molecular formula is C19H25N5O2. The molecule has 2 aromatic heterocycles. The van der Waals surface area contributed by atoms with Crippen LogP contribution < -0.4 is 10.5 Å². The Morgan fingerprint density at radius 3 is 2.81 bits per heavy atom. The standard InChI is InChI=1S/C19H25N5O2/c1-19(2,3)16-4-5-17(25)24(22-16)10-13-8-23(9-13)18-14-11-26-7-6-15(14)20-12-21-18/h4-5,12-13H,6-11H2,1-3H3. The Morgan fingerprint density at radius 1 is 1.23 bits per heavy atom. The smallest absolute Gasteiger partial charge is 0.266 e. The SMILES string of the molecule is CC(C)(C)c1ccc(=O)n(CC2CN(c3ncnc4c3COCC4)C2)n1. The first-order valence-electron chi connectivity index (χ1n) is 9.16. The summed E-state index contributed by atoms with van der Waals surface area (Å²) in [6.07, 6.45) is 2.49. The van der Waals surface area contributed by atoms with Crippen LogP contribution in [0.2, 0.25) is 0 Å². The Hall–Kier alpha value is -2.28. The van der Waals surface area contributed by atoms with Crippen LogP contribution in [0.5, 0.6) is 0 Å². The van der Waals surface area contributed by atoms with E-state index in [1.807, 2.05) is 6.07 Å². The molecule has 0 radical (unpaired) electrons. The molecule has 0 amide bonds. The van der Waals surface area contributed by atoms with Crippen molar-refractivity contribution in [1.29, 1.82) is 0 Å². The van der Waals surface area contributed by atoms with Gasteiger partial charge in [-0.1, -0.05) is 20.8 Å². The van der Waals surface area contributed by atoms with Crippen LogP contribution in [0.4, 0.5) is 5.82 Å². The topological polar surface area (TPSA) is 73.1 Å². The zero-order valence-electron chi connectivity index (χ0n) is 15.6. The zero-order valence-corrected chi connectivity index (χ0v) is 15.6. The minimum Gasteiger partial charge on any atom is -0.376 e. The van der Waals surface area contributed by atoms with Gasteiger partial charge >= 0.3 is 0 Å². The van der Waals surface area contributed by atoms with Crippen LogP contribution in [-0.4, -0.2) is 39.4 Å². The van der Waals surface area contributed by atoms with Crippen molar-refractivity contribution in [2.75, 3.05) is 24.6 Å². The molecule has 2 aromatic rings. The first-order valence-corrected chi connectivity index (χ1v) is 9.16. The molecule has 0 spiro atoms. The number of nitrogens with zero attached hydrogens (tertiary/aromatic N) is 5. The van der Waals surface area contributed by atoms with E-state index in [-0.39, 0.29) is 11.0 Å². The molecule has 1 saturated heterocycles. The van der Waals surface area contributed by atoms with E-state index in [4.69, 9.17) is 4.74 Å². The summed E-state index contributed by atoms with van der Waals surface area (Å²) in [5.41, 5.74) is 3.04. The molecule has 26 heavy (non-hydrogen) atoms. The fraction of sp³-hybridized carbons (Fsp3) is 0.579.